The highest BCUT2D eigenvalue weighted by molar-refractivity contribution is 7.10. The SMILES string of the molecule is CCc1nc(Cl)cc(N2CCc3sccc3C2C)n1. The second-order valence-corrected chi connectivity index (χ2v) is 6.13. The topological polar surface area (TPSA) is 29.0 Å². The van der Waals surface area contributed by atoms with Gasteiger partial charge >= 0.3 is 0 Å². The summed E-state index contributed by atoms with van der Waals surface area (Å²) in [6.07, 6.45) is 1.89. The first-order chi connectivity index (χ1) is 9.19. The van der Waals surface area contributed by atoms with Crippen LogP contribution >= 0.6 is 22.9 Å². The molecule has 1 atom stereocenters. The molecule has 0 N–H and O–H groups in total. The van der Waals surface area contributed by atoms with Crippen molar-refractivity contribution in [3.63, 3.8) is 0 Å². The van der Waals surface area contributed by atoms with Crippen molar-refractivity contribution >= 4 is 28.8 Å². The molecule has 1 aliphatic rings. The molecule has 1 unspecified atom stereocenters. The van der Waals surface area contributed by atoms with E-state index >= 15 is 0 Å². The summed E-state index contributed by atoms with van der Waals surface area (Å²) in [6.45, 7) is 5.27. The Balaban J connectivity index is 1.97. The number of nitrogens with zero attached hydrogens (tertiary/aromatic N) is 3. The molecule has 100 valence electrons. The molecule has 3 rings (SSSR count). The highest BCUT2D eigenvalue weighted by Crippen LogP contribution is 2.35. The van der Waals surface area contributed by atoms with Crippen molar-refractivity contribution in [1.82, 2.24) is 9.97 Å². The fourth-order valence-electron chi connectivity index (χ4n) is 2.58. The highest BCUT2D eigenvalue weighted by atomic mass is 35.5. The number of thiophene rings is 1. The molecule has 5 heteroatoms. The van der Waals surface area contributed by atoms with Crippen LogP contribution in [0.5, 0.6) is 0 Å². The van der Waals surface area contributed by atoms with E-state index in [1.54, 1.807) is 0 Å². The van der Waals surface area contributed by atoms with Gasteiger partial charge in [0.1, 0.15) is 16.8 Å². The molecule has 3 heterocycles. The lowest BCUT2D eigenvalue weighted by atomic mass is 10.0. The lowest BCUT2D eigenvalue weighted by Gasteiger charge is -2.34. The van der Waals surface area contributed by atoms with Gasteiger partial charge in [-0.3, -0.25) is 0 Å². The molecular formula is C14H16ClN3S. The third-order valence-electron chi connectivity index (χ3n) is 3.62. The first-order valence-corrected chi connectivity index (χ1v) is 7.81. The summed E-state index contributed by atoms with van der Waals surface area (Å²) >= 11 is 7.95. The van der Waals surface area contributed by atoms with E-state index < -0.39 is 0 Å². The van der Waals surface area contributed by atoms with Crippen LogP contribution in [0.25, 0.3) is 0 Å². The quantitative estimate of drug-likeness (QED) is 0.787. The van der Waals surface area contributed by atoms with Crippen LogP contribution in [0.2, 0.25) is 5.15 Å². The Bertz CT molecular complexity index is 596. The summed E-state index contributed by atoms with van der Waals surface area (Å²) in [6, 6.07) is 4.44. The van der Waals surface area contributed by atoms with Gasteiger partial charge in [-0.25, -0.2) is 9.97 Å². The van der Waals surface area contributed by atoms with Crippen LogP contribution in [0.15, 0.2) is 17.5 Å². The normalized spacial score (nSPS) is 18.5. The minimum Gasteiger partial charge on any atom is -0.349 e. The molecule has 2 aromatic heterocycles. The molecule has 0 bridgehead atoms. The van der Waals surface area contributed by atoms with Crippen LogP contribution in [-0.2, 0) is 12.8 Å². The van der Waals surface area contributed by atoms with Gasteiger partial charge in [0.2, 0.25) is 0 Å². The largest absolute Gasteiger partial charge is 0.349 e. The molecule has 0 radical (unpaired) electrons. The number of rotatable bonds is 2. The van der Waals surface area contributed by atoms with Gasteiger partial charge in [0.05, 0.1) is 6.04 Å². The Labute approximate surface area is 122 Å². The number of fused-ring (bicyclic) bond motifs is 1. The molecule has 3 nitrogen and oxygen atoms in total. The first kappa shape index (κ1) is 12.9. The zero-order valence-electron chi connectivity index (χ0n) is 11.1. The maximum atomic E-state index is 6.10. The fraction of sp³-hybridized carbons (Fsp3) is 0.429. The second-order valence-electron chi connectivity index (χ2n) is 4.74. The second kappa shape index (κ2) is 5.10. The maximum Gasteiger partial charge on any atom is 0.134 e. The van der Waals surface area contributed by atoms with Gasteiger partial charge in [0, 0.05) is 23.9 Å². The molecule has 1 aliphatic heterocycles. The number of hydrogen-bond donors (Lipinski definition) is 0. The van der Waals surface area contributed by atoms with Crippen molar-refractivity contribution in [3.8, 4) is 0 Å². The Hall–Kier alpha value is -1.13. The monoisotopic (exact) mass is 293 g/mol. The van der Waals surface area contributed by atoms with Crippen molar-refractivity contribution in [2.75, 3.05) is 11.4 Å². The average Bonchev–Trinajstić information content (AvgIpc) is 2.87. The van der Waals surface area contributed by atoms with E-state index in [-0.39, 0.29) is 0 Å². The summed E-state index contributed by atoms with van der Waals surface area (Å²) < 4.78 is 0. The number of aromatic nitrogens is 2. The van der Waals surface area contributed by atoms with E-state index in [0.29, 0.717) is 11.2 Å². The number of hydrogen-bond acceptors (Lipinski definition) is 4. The van der Waals surface area contributed by atoms with Crippen molar-refractivity contribution < 1.29 is 0 Å². The zero-order chi connectivity index (χ0) is 13.4. The van der Waals surface area contributed by atoms with Crippen molar-refractivity contribution in [2.45, 2.75) is 32.7 Å². The fourth-order valence-corrected chi connectivity index (χ4v) is 3.74. The van der Waals surface area contributed by atoms with Gasteiger partial charge in [-0.1, -0.05) is 18.5 Å². The van der Waals surface area contributed by atoms with Gasteiger partial charge in [0.25, 0.3) is 0 Å². The van der Waals surface area contributed by atoms with E-state index in [4.69, 9.17) is 11.6 Å². The Morgan fingerprint density at radius 1 is 1.47 bits per heavy atom. The molecule has 19 heavy (non-hydrogen) atoms. The van der Waals surface area contributed by atoms with Crippen molar-refractivity contribution in [3.05, 3.63) is 38.9 Å². The minimum atomic E-state index is 0.352. The van der Waals surface area contributed by atoms with Crippen LogP contribution in [0.3, 0.4) is 0 Å². The van der Waals surface area contributed by atoms with E-state index in [9.17, 15) is 0 Å². The smallest absolute Gasteiger partial charge is 0.134 e. The Kier molecular flexibility index (Phi) is 3.46. The lowest BCUT2D eigenvalue weighted by molar-refractivity contribution is 0.622. The van der Waals surface area contributed by atoms with Crippen LogP contribution in [-0.4, -0.2) is 16.5 Å². The third kappa shape index (κ3) is 2.35. The molecule has 0 spiro atoms. The molecule has 0 saturated carbocycles. The molecule has 0 fully saturated rings. The van der Waals surface area contributed by atoms with E-state index in [2.05, 4.69) is 33.2 Å². The van der Waals surface area contributed by atoms with Gasteiger partial charge < -0.3 is 4.90 Å². The van der Waals surface area contributed by atoms with Gasteiger partial charge in [0.15, 0.2) is 0 Å². The summed E-state index contributed by atoms with van der Waals surface area (Å²) in [7, 11) is 0. The van der Waals surface area contributed by atoms with Crippen molar-refractivity contribution in [1.29, 1.82) is 0 Å². The summed E-state index contributed by atoms with van der Waals surface area (Å²) in [5.41, 5.74) is 1.42. The first-order valence-electron chi connectivity index (χ1n) is 6.55. The predicted octanol–water partition coefficient (Wildman–Crippen LogP) is 3.88. The Morgan fingerprint density at radius 2 is 2.32 bits per heavy atom. The molecular weight excluding hydrogens is 278 g/mol. The third-order valence-corrected chi connectivity index (χ3v) is 4.81. The van der Waals surface area contributed by atoms with E-state index in [0.717, 1.165) is 31.0 Å². The summed E-state index contributed by atoms with van der Waals surface area (Å²) in [5.74, 6) is 1.76. The molecule has 0 saturated heterocycles. The number of anilines is 1. The standard InChI is InChI=1S/C14H16ClN3S/c1-3-13-16-12(15)8-14(17-13)18-6-4-11-10(9(18)2)5-7-19-11/h5,7-9H,3-4,6H2,1-2H3. The lowest BCUT2D eigenvalue weighted by Crippen LogP contribution is -2.34. The number of aryl methyl sites for hydroxylation is 1. The minimum absolute atomic E-state index is 0.352. The van der Waals surface area contributed by atoms with E-state index in [1.807, 2.05) is 24.3 Å². The average molecular weight is 294 g/mol. The van der Waals surface area contributed by atoms with Gasteiger partial charge in [-0.05, 0) is 30.4 Å². The van der Waals surface area contributed by atoms with Crippen LogP contribution in [0.1, 0.15) is 36.2 Å². The molecule has 0 aromatic carbocycles. The maximum absolute atomic E-state index is 6.10. The number of halogens is 1. The van der Waals surface area contributed by atoms with Gasteiger partial charge in [-0.2, -0.15) is 0 Å². The van der Waals surface area contributed by atoms with Crippen LogP contribution < -0.4 is 4.90 Å². The summed E-state index contributed by atoms with van der Waals surface area (Å²) in [4.78, 5) is 12.7. The van der Waals surface area contributed by atoms with Crippen molar-refractivity contribution in [2.24, 2.45) is 0 Å². The molecule has 0 amide bonds. The van der Waals surface area contributed by atoms with E-state index in [1.165, 1.54) is 10.4 Å². The highest BCUT2D eigenvalue weighted by Gasteiger charge is 2.26. The van der Waals surface area contributed by atoms with Crippen LogP contribution in [0, 0.1) is 0 Å². The predicted molar refractivity (Wildman–Crippen MR) is 80.2 cm³/mol. The zero-order valence-corrected chi connectivity index (χ0v) is 12.6. The molecule has 2 aromatic rings. The summed E-state index contributed by atoms with van der Waals surface area (Å²) in [5, 5.41) is 2.71. The van der Waals surface area contributed by atoms with Gasteiger partial charge in [-0.15, -0.1) is 11.3 Å². The Morgan fingerprint density at radius 3 is 3.11 bits per heavy atom. The molecule has 0 aliphatic carbocycles. The van der Waals surface area contributed by atoms with Crippen LogP contribution in [0.4, 0.5) is 5.82 Å².